The number of fused-ring (bicyclic) bond motifs is 1. The van der Waals surface area contributed by atoms with Gasteiger partial charge in [-0.05, 0) is 49.4 Å². The Hall–Kier alpha value is -2.62. The Morgan fingerprint density at radius 1 is 1.16 bits per heavy atom. The van der Waals surface area contributed by atoms with Crippen LogP contribution >= 0.6 is 23.1 Å². The number of aromatic nitrogens is 1. The molecule has 4 rings (SSSR count). The fourth-order valence-electron chi connectivity index (χ4n) is 3.09. The van der Waals surface area contributed by atoms with Crippen molar-refractivity contribution >= 4 is 54.2 Å². The van der Waals surface area contributed by atoms with Gasteiger partial charge in [0.1, 0.15) is 5.76 Å². The van der Waals surface area contributed by atoms with E-state index in [4.69, 9.17) is 4.42 Å². The van der Waals surface area contributed by atoms with E-state index < -0.39 is 9.84 Å². The normalized spacial score (nSPS) is 11.7. The summed E-state index contributed by atoms with van der Waals surface area (Å²) >= 11 is 2.93. The molecule has 0 aliphatic heterocycles. The standard InChI is InChI=1S/C23H22N2O4S3/c1-16-5-7-18(8-6-16)30-13-11-22(26)25(15-17-4-3-12-29-17)23-24-20-10-9-19(32(2,27)28)14-21(20)31-23/h3-10,12,14H,11,13,15H2,1-2H3. The molecule has 0 aliphatic carbocycles. The quantitative estimate of drug-likeness (QED) is 0.314. The number of anilines is 1. The predicted molar refractivity (Wildman–Crippen MR) is 129 cm³/mol. The lowest BCUT2D eigenvalue weighted by Crippen LogP contribution is -2.30. The predicted octanol–water partition coefficient (Wildman–Crippen LogP) is 5.32. The van der Waals surface area contributed by atoms with Crippen LogP contribution in [-0.2, 0) is 21.2 Å². The summed E-state index contributed by atoms with van der Waals surface area (Å²) in [7, 11) is -3.32. The Balaban J connectivity index is 1.55. The second kappa shape index (κ2) is 9.48. The van der Waals surface area contributed by atoms with E-state index >= 15 is 0 Å². The van der Waals surface area contributed by atoms with Crippen molar-refractivity contribution in [2.45, 2.75) is 29.7 Å². The van der Waals surface area contributed by atoms with Gasteiger partial charge in [0, 0.05) is 23.3 Å². The molecule has 6 nitrogen and oxygen atoms in total. The summed E-state index contributed by atoms with van der Waals surface area (Å²) in [6.07, 6.45) is 3.08. The summed E-state index contributed by atoms with van der Waals surface area (Å²) in [5.41, 5.74) is 1.86. The fourth-order valence-corrected chi connectivity index (χ4v) is 5.67. The summed E-state index contributed by atoms with van der Waals surface area (Å²) in [6.45, 7) is 2.31. The van der Waals surface area contributed by atoms with E-state index in [0.29, 0.717) is 33.3 Å². The number of hydrogen-bond donors (Lipinski definition) is 0. The van der Waals surface area contributed by atoms with Crippen molar-refractivity contribution in [1.29, 1.82) is 0 Å². The van der Waals surface area contributed by atoms with Gasteiger partial charge in [0.25, 0.3) is 0 Å². The van der Waals surface area contributed by atoms with Gasteiger partial charge in [-0.15, -0.1) is 11.8 Å². The van der Waals surface area contributed by atoms with Crippen molar-refractivity contribution in [1.82, 2.24) is 4.98 Å². The maximum absolute atomic E-state index is 13.2. The van der Waals surface area contributed by atoms with Crippen molar-refractivity contribution in [3.63, 3.8) is 0 Å². The number of furan rings is 1. The molecule has 0 unspecified atom stereocenters. The van der Waals surface area contributed by atoms with Gasteiger partial charge in [0.2, 0.25) is 5.91 Å². The SMILES string of the molecule is Cc1ccc(SCCC(=O)N(Cc2ccco2)c2nc3ccc(S(C)(=O)=O)cc3s2)cc1. The highest BCUT2D eigenvalue weighted by Crippen LogP contribution is 2.32. The first-order valence-corrected chi connectivity index (χ1v) is 13.6. The lowest BCUT2D eigenvalue weighted by molar-refractivity contribution is -0.118. The Labute approximate surface area is 195 Å². The minimum Gasteiger partial charge on any atom is -0.467 e. The van der Waals surface area contributed by atoms with Crippen LogP contribution in [0.1, 0.15) is 17.7 Å². The molecule has 0 atom stereocenters. The first-order chi connectivity index (χ1) is 15.3. The molecule has 0 fully saturated rings. The summed E-state index contributed by atoms with van der Waals surface area (Å²) in [6, 6.07) is 16.6. The number of hydrogen-bond acceptors (Lipinski definition) is 7. The lowest BCUT2D eigenvalue weighted by atomic mass is 10.2. The maximum atomic E-state index is 13.2. The fraction of sp³-hybridized carbons (Fsp3) is 0.217. The average molecular weight is 487 g/mol. The molecule has 0 bridgehead atoms. The molecule has 0 aliphatic rings. The van der Waals surface area contributed by atoms with Crippen molar-refractivity contribution in [3.05, 3.63) is 72.2 Å². The highest BCUT2D eigenvalue weighted by atomic mass is 32.2. The highest BCUT2D eigenvalue weighted by molar-refractivity contribution is 7.99. The molecule has 0 spiro atoms. The van der Waals surface area contributed by atoms with Gasteiger partial charge < -0.3 is 4.42 Å². The van der Waals surface area contributed by atoms with Gasteiger partial charge in [-0.3, -0.25) is 9.69 Å². The van der Waals surface area contributed by atoms with Crippen LogP contribution < -0.4 is 4.90 Å². The van der Waals surface area contributed by atoms with Gasteiger partial charge in [-0.25, -0.2) is 13.4 Å². The maximum Gasteiger partial charge on any atom is 0.230 e. The van der Waals surface area contributed by atoms with Gasteiger partial charge >= 0.3 is 0 Å². The van der Waals surface area contributed by atoms with E-state index in [9.17, 15) is 13.2 Å². The van der Waals surface area contributed by atoms with Crippen molar-refractivity contribution in [2.24, 2.45) is 0 Å². The molecule has 32 heavy (non-hydrogen) atoms. The number of aryl methyl sites for hydroxylation is 1. The topological polar surface area (TPSA) is 80.5 Å². The van der Waals surface area contributed by atoms with Gasteiger partial charge in [-0.2, -0.15) is 0 Å². The van der Waals surface area contributed by atoms with E-state index in [0.717, 1.165) is 4.90 Å². The van der Waals surface area contributed by atoms with Crippen molar-refractivity contribution in [3.8, 4) is 0 Å². The zero-order chi connectivity index (χ0) is 22.7. The van der Waals surface area contributed by atoms with Crippen LogP contribution in [0.25, 0.3) is 10.2 Å². The number of carbonyl (C=O) groups excluding carboxylic acids is 1. The number of amides is 1. The van der Waals surface area contributed by atoms with Gasteiger partial charge in [0.05, 0.1) is 27.9 Å². The van der Waals surface area contributed by atoms with Crippen LogP contribution in [0.4, 0.5) is 5.13 Å². The molecule has 2 heterocycles. The van der Waals surface area contributed by atoms with E-state index in [-0.39, 0.29) is 17.3 Å². The third-order valence-corrected chi connectivity index (χ3v) is 7.97. The van der Waals surface area contributed by atoms with Crippen molar-refractivity contribution in [2.75, 3.05) is 16.9 Å². The molecular weight excluding hydrogens is 464 g/mol. The summed E-state index contributed by atoms with van der Waals surface area (Å²) < 4.78 is 30.0. The smallest absolute Gasteiger partial charge is 0.230 e. The molecule has 2 aromatic heterocycles. The van der Waals surface area contributed by atoms with Crippen LogP contribution in [0.15, 0.2) is 75.1 Å². The zero-order valence-corrected chi connectivity index (χ0v) is 20.1. The second-order valence-electron chi connectivity index (χ2n) is 7.37. The molecule has 0 saturated heterocycles. The largest absolute Gasteiger partial charge is 0.467 e. The Morgan fingerprint density at radius 3 is 2.62 bits per heavy atom. The molecule has 2 aromatic carbocycles. The number of thiazole rings is 1. The number of rotatable bonds is 8. The monoisotopic (exact) mass is 486 g/mol. The molecule has 9 heteroatoms. The average Bonchev–Trinajstić information content (AvgIpc) is 3.41. The highest BCUT2D eigenvalue weighted by Gasteiger charge is 2.22. The molecule has 1 amide bonds. The summed E-state index contributed by atoms with van der Waals surface area (Å²) in [5.74, 6) is 1.23. The van der Waals surface area contributed by atoms with E-state index in [1.165, 1.54) is 29.2 Å². The van der Waals surface area contributed by atoms with E-state index in [1.807, 2.05) is 13.0 Å². The molecule has 0 radical (unpaired) electrons. The van der Waals surface area contributed by atoms with E-state index in [2.05, 4.69) is 29.2 Å². The number of benzene rings is 2. The number of sulfone groups is 1. The number of carbonyl (C=O) groups is 1. The van der Waals surface area contributed by atoms with Crippen LogP contribution in [-0.4, -0.2) is 31.3 Å². The molecule has 0 N–H and O–H groups in total. The van der Waals surface area contributed by atoms with Crippen LogP contribution in [0.2, 0.25) is 0 Å². The first-order valence-electron chi connectivity index (χ1n) is 9.92. The third kappa shape index (κ3) is 5.40. The number of thioether (sulfide) groups is 1. The molecule has 0 saturated carbocycles. The van der Waals surface area contributed by atoms with Crippen LogP contribution in [0.3, 0.4) is 0 Å². The third-order valence-electron chi connectivity index (χ3n) is 4.81. The van der Waals surface area contributed by atoms with Gasteiger partial charge in [0.15, 0.2) is 15.0 Å². The second-order valence-corrected chi connectivity index (χ2v) is 11.6. The Bertz CT molecular complexity index is 1330. The number of nitrogens with zero attached hydrogens (tertiary/aromatic N) is 2. The molecular formula is C23H22N2O4S3. The van der Waals surface area contributed by atoms with Crippen molar-refractivity contribution < 1.29 is 17.6 Å². The van der Waals surface area contributed by atoms with Crippen LogP contribution in [0.5, 0.6) is 0 Å². The summed E-state index contributed by atoms with van der Waals surface area (Å²) in [4.78, 5) is 20.7. The molecule has 4 aromatic rings. The summed E-state index contributed by atoms with van der Waals surface area (Å²) in [5, 5.41) is 0.521. The zero-order valence-electron chi connectivity index (χ0n) is 17.6. The van der Waals surface area contributed by atoms with Gasteiger partial charge in [-0.1, -0.05) is 29.0 Å². The minimum absolute atomic E-state index is 0.0663. The first kappa shape index (κ1) is 22.6. The molecule has 166 valence electrons. The van der Waals surface area contributed by atoms with E-state index in [1.54, 1.807) is 41.1 Å². The Kier molecular flexibility index (Phi) is 6.68. The van der Waals surface area contributed by atoms with Crippen LogP contribution in [0, 0.1) is 6.92 Å². The minimum atomic E-state index is -3.32. The lowest BCUT2D eigenvalue weighted by Gasteiger charge is -2.18. The Morgan fingerprint density at radius 2 is 1.94 bits per heavy atom.